The minimum atomic E-state index is -0.211. The van der Waals surface area contributed by atoms with Crippen molar-refractivity contribution in [2.75, 3.05) is 4.90 Å². The van der Waals surface area contributed by atoms with Gasteiger partial charge in [0.05, 0.1) is 17.1 Å². The van der Waals surface area contributed by atoms with Crippen LogP contribution in [0.15, 0.2) is 206 Å². The summed E-state index contributed by atoms with van der Waals surface area (Å²) in [6.45, 7) is 4.64. The number of hydrogen-bond donors (Lipinski definition) is 0. The summed E-state index contributed by atoms with van der Waals surface area (Å²) in [5, 5.41) is 0. The van der Waals surface area contributed by atoms with Crippen molar-refractivity contribution < 1.29 is 0 Å². The molecule has 0 unspecified atom stereocenters. The molecule has 0 saturated heterocycles. The maximum Gasteiger partial charge on any atom is 0.166 e. The molecule has 0 saturated carbocycles. The molecule has 276 valence electrons. The van der Waals surface area contributed by atoms with Crippen molar-refractivity contribution in [3.63, 3.8) is 0 Å². The molecule has 10 rings (SSSR count). The molecule has 0 atom stereocenters. The van der Waals surface area contributed by atoms with Gasteiger partial charge in [0.25, 0.3) is 0 Å². The Balaban J connectivity index is 1.30. The number of para-hydroxylation sites is 2. The van der Waals surface area contributed by atoms with Crippen LogP contribution >= 0.6 is 0 Å². The number of fused-ring (bicyclic) bond motifs is 2. The monoisotopic (exact) mass is 744 g/mol. The zero-order valence-corrected chi connectivity index (χ0v) is 32.4. The minimum absolute atomic E-state index is 0.211. The van der Waals surface area contributed by atoms with Crippen LogP contribution in [0.2, 0.25) is 0 Å². The summed E-state index contributed by atoms with van der Waals surface area (Å²) in [5.74, 6) is 1.84. The SMILES string of the molecule is CC1(C)c2ccccc2N(c2ccc(-c3c(-c4ccccc4)cccc3-c3ccccc3)cc2-c2nc(-c3ccccc3)nc(-c3ccccc3)n2)c2ccccc21. The quantitative estimate of drug-likeness (QED) is 0.163. The molecule has 0 aliphatic carbocycles. The Morgan fingerprint density at radius 2 is 0.741 bits per heavy atom. The molecule has 1 aliphatic heterocycles. The summed E-state index contributed by atoms with van der Waals surface area (Å²) in [7, 11) is 0. The van der Waals surface area contributed by atoms with Crippen molar-refractivity contribution >= 4 is 17.1 Å². The third-order valence-corrected chi connectivity index (χ3v) is 11.3. The van der Waals surface area contributed by atoms with E-state index in [4.69, 9.17) is 15.0 Å². The first-order valence-corrected chi connectivity index (χ1v) is 19.8. The highest BCUT2D eigenvalue weighted by molar-refractivity contribution is 5.98. The molecule has 0 N–H and O–H groups in total. The Labute approximate surface area is 339 Å². The number of hydrogen-bond acceptors (Lipinski definition) is 4. The second kappa shape index (κ2) is 14.6. The third-order valence-electron chi connectivity index (χ3n) is 11.3. The fraction of sp³-hybridized carbons (Fsp3) is 0.0556. The van der Waals surface area contributed by atoms with Gasteiger partial charge in [0, 0.05) is 22.1 Å². The van der Waals surface area contributed by atoms with Crippen LogP contribution in [-0.2, 0) is 5.41 Å². The maximum atomic E-state index is 5.34. The van der Waals surface area contributed by atoms with E-state index in [1.807, 2.05) is 36.4 Å². The van der Waals surface area contributed by atoms with E-state index in [0.29, 0.717) is 17.5 Å². The second-order valence-electron chi connectivity index (χ2n) is 15.2. The molecule has 4 heteroatoms. The van der Waals surface area contributed by atoms with Crippen molar-refractivity contribution in [3.8, 4) is 67.5 Å². The average molecular weight is 745 g/mol. The van der Waals surface area contributed by atoms with Crippen molar-refractivity contribution in [3.05, 3.63) is 217 Å². The van der Waals surface area contributed by atoms with Crippen LogP contribution in [0.5, 0.6) is 0 Å². The molecule has 4 nitrogen and oxygen atoms in total. The Bertz CT molecular complexity index is 2740. The summed E-state index contributed by atoms with van der Waals surface area (Å²) < 4.78 is 0. The number of aromatic nitrogens is 3. The van der Waals surface area contributed by atoms with Crippen LogP contribution in [-0.4, -0.2) is 15.0 Å². The molecule has 9 aromatic rings. The van der Waals surface area contributed by atoms with Crippen molar-refractivity contribution in [1.82, 2.24) is 15.0 Å². The first-order valence-electron chi connectivity index (χ1n) is 19.8. The van der Waals surface area contributed by atoms with Gasteiger partial charge < -0.3 is 4.90 Å². The summed E-state index contributed by atoms with van der Waals surface area (Å²) in [6, 6.07) is 72.8. The molecule has 58 heavy (non-hydrogen) atoms. The van der Waals surface area contributed by atoms with Crippen LogP contribution in [0.25, 0.3) is 67.5 Å². The zero-order valence-electron chi connectivity index (χ0n) is 32.4. The lowest BCUT2D eigenvalue weighted by atomic mass is 9.73. The Kier molecular flexibility index (Phi) is 8.80. The summed E-state index contributed by atoms with van der Waals surface area (Å²) in [5.41, 5.74) is 15.2. The smallest absolute Gasteiger partial charge is 0.166 e. The number of anilines is 3. The van der Waals surface area contributed by atoms with Gasteiger partial charge in [-0.05, 0) is 68.8 Å². The van der Waals surface area contributed by atoms with E-state index >= 15 is 0 Å². The van der Waals surface area contributed by atoms with Crippen molar-refractivity contribution in [1.29, 1.82) is 0 Å². The van der Waals surface area contributed by atoms with Gasteiger partial charge in [0.2, 0.25) is 0 Å². The summed E-state index contributed by atoms with van der Waals surface area (Å²) in [6.07, 6.45) is 0. The van der Waals surface area contributed by atoms with Gasteiger partial charge in [0.15, 0.2) is 17.5 Å². The lowest BCUT2D eigenvalue weighted by molar-refractivity contribution is 0.632. The molecular formula is C54H40N4. The largest absolute Gasteiger partial charge is 0.309 e. The Morgan fingerprint density at radius 1 is 0.328 bits per heavy atom. The fourth-order valence-electron chi connectivity index (χ4n) is 8.50. The van der Waals surface area contributed by atoms with Crippen LogP contribution in [0.3, 0.4) is 0 Å². The van der Waals surface area contributed by atoms with E-state index in [1.54, 1.807) is 0 Å². The highest BCUT2D eigenvalue weighted by atomic mass is 15.2. The molecule has 8 aromatic carbocycles. The van der Waals surface area contributed by atoms with Crippen molar-refractivity contribution in [2.24, 2.45) is 0 Å². The van der Waals surface area contributed by atoms with E-state index in [1.165, 1.54) is 11.1 Å². The third kappa shape index (κ3) is 6.16. The summed E-state index contributed by atoms with van der Waals surface area (Å²) >= 11 is 0. The maximum absolute atomic E-state index is 5.34. The molecule has 2 heterocycles. The Morgan fingerprint density at radius 3 is 1.22 bits per heavy atom. The van der Waals surface area contributed by atoms with E-state index in [9.17, 15) is 0 Å². The lowest BCUT2D eigenvalue weighted by Gasteiger charge is -2.42. The number of rotatable bonds is 7. The predicted octanol–water partition coefficient (Wildman–Crippen LogP) is 14.0. The Hall–Kier alpha value is -7.43. The highest BCUT2D eigenvalue weighted by Crippen LogP contribution is 2.54. The van der Waals surface area contributed by atoms with Gasteiger partial charge >= 0.3 is 0 Å². The predicted molar refractivity (Wildman–Crippen MR) is 239 cm³/mol. The normalized spacial score (nSPS) is 12.8. The molecule has 0 bridgehead atoms. The van der Waals surface area contributed by atoms with E-state index in [0.717, 1.165) is 67.1 Å². The molecule has 0 fully saturated rings. The van der Waals surface area contributed by atoms with Crippen LogP contribution in [0.4, 0.5) is 17.1 Å². The first kappa shape index (κ1) is 35.0. The van der Waals surface area contributed by atoms with Crippen LogP contribution < -0.4 is 4.90 Å². The van der Waals surface area contributed by atoms with Gasteiger partial charge in [-0.2, -0.15) is 0 Å². The second-order valence-corrected chi connectivity index (χ2v) is 15.2. The average Bonchev–Trinajstić information content (AvgIpc) is 3.30. The van der Waals surface area contributed by atoms with Crippen LogP contribution in [0.1, 0.15) is 25.0 Å². The van der Waals surface area contributed by atoms with Crippen LogP contribution in [0, 0.1) is 0 Å². The molecule has 1 aliphatic rings. The molecular weight excluding hydrogens is 705 g/mol. The first-order chi connectivity index (χ1) is 28.5. The molecule has 0 radical (unpaired) electrons. The van der Waals surface area contributed by atoms with Gasteiger partial charge in [-0.3, -0.25) is 0 Å². The zero-order chi connectivity index (χ0) is 39.1. The molecule has 0 amide bonds. The van der Waals surface area contributed by atoms with Crippen molar-refractivity contribution in [2.45, 2.75) is 19.3 Å². The van der Waals surface area contributed by atoms with E-state index in [-0.39, 0.29) is 5.41 Å². The van der Waals surface area contributed by atoms with Gasteiger partial charge in [-0.1, -0.05) is 196 Å². The standard InChI is InChI=1S/C54H40N4/c1-54(2)45-30-15-17-32-48(45)58(49-33-18-16-31-46(49)54)47-35-34-41(50-42(37-20-7-3-8-21-37)28-19-29-43(50)38-22-9-4-10-23-38)36-44(47)53-56-51(39-24-11-5-12-25-39)55-52(57-53)40-26-13-6-14-27-40/h3-36H,1-2H3. The molecule has 1 aromatic heterocycles. The van der Waals surface area contributed by atoms with Gasteiger partial charge in [0.1, 0.15) is 0 Å². The van der Waals surface area contributed by atoms with Gasteiger partial charge in [-0.15, -0.1) is 0 Å². The highest BCUT2D eigenvalue weighted by Gasteiger charge is 2.37. The molecule has 0 spiro atoms. The minimum Gasteiger partial charge on any atom is -0.309 e. The number of nitrogens with zero attached hydrogens (tertiary/aromatic N) is 4. The number of benzene rings is 8. The topological polar surface area (TPSA) is 41.9 Å². The van der Waals surface area contributed by atoms with Gasteiger partial charge in [-0.25, -0.2) is 15.0 Å². The van der Waals surface area contributed by atoms with E-state index < -0.39 is 0 Å². The van der Waals surface area contributed by atoms with E-state index in [2.05, 4.69) is 189 Å². The lowest BCUT2D eigenvalue weighted by Crippen LogP contribution is -2.30. The fourth-order valence-corrected chi connectivity index (χ4v) is 8.50. The summed E-state index contributed by atoms with van der Waals surface area (Å²) in [4.78, 5) is 18.2.